The number of aromatic nitrogens is 3. The summed E-state index contributed by atoms with van der Waals surface area (Å²) in [6.07, 6.45) is -1.79. The van der Waals surface area contributed by atoms with Crippen LogP contribution < -0.4 is 15.8 Å². The van der Waals surface area contributed by atoms with Gasteiger partial charge in [0.1, 0.15) is 23.0 Å². The molecule has 172 valence electrons. The van der Waals surface area contributed by atoms with Gasteiger partial charge in [0.05, 0.1) is 5.52 Å². The average Bonchev–Trinajstić information content (AvgIpc) is 3.38. The van der Waals surface area contributed by atoms with E-state index in [-0.39, 0.29) is 22.9 Å². The van der Waals surface area contributed by atoms with Crippen LogP contribution >= 0.6 is 0 Å². The second-order valence-corrected chi connectivity index (χ2v) is 7.32. The van der Waals surface area contributed by atoms with E-state index in [1.165, 1.54) is 12.3 Å². The Balaban J connectivity index is 1.93. The third-order valence-electron chi connectivity index (χ3n) is 4.97. The van der Waals surface area contributed by atoms with Gasteiger partial charge < -0.3 is 19.5 Å². The van der Waals surface area contributed by atoms with Gasteiger partial charge in [0, 0.05) is 36.5 Å². The third kappa shape index (κ3) is 4.14. The minimum Gasteiger partial charge on any atom is -0.437 e. The molecule has 0 saturated heterocycles. The van der Waals surface area contributed by atoms with Crippen molar-refractivity contribution >= 4 is 28.7 Å². The van der Waals surface area contributed by atoms with Crippen LogP contribution in [0.5, 0.6) is 5.75 Å². The van der Waals surface area contributed by atoms with Crippen LogP contribution in [0.4, 0.5) is 23.8 Å². The first-order valence-corrected chi connectivity index (χ1v) is 9.56. The van der Waals surface area contributed by atoms with Crippen molar-refractivity contribution in [3.63, 3.8) is 0 Å². The van der Waals surface area contributed by atoms with Gasteiger partial charge in [-0.05, 0) is 37.6 Å². The van der Waals surface area contributed by atoms with Crippen LogP contribution in [0.1, 0.15) is 22.0 Å². The van der Waals surface area contributed by atoms with Crippen LogP contribution in [-0.4, -0.2) is 32.4 Å². The number of fused-ring (bicyclic) bond motifs is 1. The fourth-order valence-corrected chi connectivity index (χ4v) is 3.59. The number of amides is 2. The van der Waals surface area contributed by atoms with Gasteiger partial charge in [-0.3, -0.25) is 14.7 Å². The van der Waals surface area contributed by atoms with Crippen LogP contribution in [-0.2, 0) is 7.05 Å². The highest BCUT2D eigenvalue weighted by molar-refractivity contribution is 6.06. The molecule has 0 aliphatic heterocycles. The maximum Gasteiger partial charge on any atom is 0.573 e. The first kappa shape index (κ1) is 22.0. The van der Waals surface area contributed by atoms with Crippen molar-refractivity contribution < 1.29 is 31.9 Å². The number of primary amides is 1. The van der Waals surface area contributed by atoms with E-state index in [1.807, 2.05) is 0 Å². The molecule has 4 aromatic rings. The van der Waals surface area contributed by atoms with E-state index in [9.17, 15) is 22.8 Å². The summed E-state index contributed by atoms with van der Waals surface area (Å²) in [5.74, 6) is -0.976. The SMILES string of the molecule is Cc1oc(C(N)=O)nc1-c1cn(C(=O)Nc2cccn2C)c2cc(OC(F)(F)F)cc(C)c12. The molecule has 9 nitrogen and oxygen atoms in total. The summed E-state index contributed by atoms with van der Waals surface area (Å²) in [5.41, 5.74) is 6.37. The molecule has 0 bridgehead atoms. The third-order valence-corrected chi connectivity index (χ3v) is 4.97. The first-order valence-electron chi connectivity index (χ1n) is 9.56. The molecule has 33 heavy (non-hydrogen) atoms. The van der Waals surface area contributed by atoms with Crippen molar-refractivity contribution in [2.75, 3.05) is 5.32 Å². The van der Waals surface area contributed by atoms with Gasteiger partial charge in [-0.25, -0.2) is 9.78 Å². The average molecular weight is 461 g/mol. The Hall–Kier alpha value is -4.22. The lowest BCUT2D eigenvalue weighted by Gasteiger charge is -2.12. The summed E-state index contributed by atoms with van der Waals surface area (Å²) in [4.78, 5) is 28.7. The molecule has 0 spiro atoms. The van der Waals surface area contributed by atoms with E-state index >= 15 is 0 Å². The number of nitrogens with one attached hydrogen (secondary N) is 1. The summed E-state index contributed by atoms with van der Waals surface area (Å²) in [6.45, 7) is 3.12. The van der Waals surface area contributed by atoms with Crippen molar-refractivity contribution in [2.45, 2.75) is 20.2 Å². The Labute approximate surface area is 184 Å². The highest BCUT2D eigenvalue weighted by atomic mass is 19.4. The Morgan fingerprint density at radius 2 is 1.97 bits per heavy atom. The summed E-state index contributed by atoms with van der Waals surface area (Å²) in [5, 5.41) is 3.12. The molecular weight excluding hydrogens is 443 g/mol. The minimum atomic E-state index is -4.91. The molecule has 0 unspecified atom stereocenters. The highest BCUT2D eigenvalue weighted by Gasteiger charge is 2.32. The number of anilines is 1. The molecular formula is C21H18F3N5O4. The van der Waals surface area contributed by atoms with E-state index in [2.05, 4.69) is 15.0 Å². The van der Waals surface area contributed by atoms with E-state index in [1.54, 1.807) is 43.8 Å². The topological polar surface area (TPSA) is 117 Å². The molecule has 3 aromatic heterocycles. The lowest BCUT2D eigenvalue weighted by molar-refractivity contribution is -0.274. The molecule has 0 fully saturated rings. The zero-order valence-corrected chi connectivity index (χ0v) is 17.6. The maximum atomic E-state index is 13.1. The van der Waals surface area contributed by atoms with Crippen molar-refractivity contribution in [2.24, 2.45) is 12.8 Å². The van der Waals surface area contributed by atoms with Crippen LogP contribution in [0, 0.1) is 13.8 Å². The molecule has 0 radical (unpaired) electrons. The number of hydrogen-bond donors (Lipinski definition) is 2. The summed E-state index contributed by atoms with van der Waals surface area (Å²) < 4.78 is 50.8. The molecule has 3 heterocycles. The number of rotatable bonds is 4. The molecule has 0 saturated carbocycles. The Bertz CT molecular complexity index is 1400. The summed E-state index contributed by atoms with van der Waals surface area (Å²) in [7, 11) is 1.72. The predicted octanol–water partition coefficient (Wildman–Crippen LogP) is 4.33. The Kier molecular flexibility index (Phi) is 5.15. The normalized spacial score (nSPS) is 11.7. The largest absolute Gasteiger partial charge is 0.573 e. The van der Waals surface area contributed by atoms with Crippen LogP contribution in [0.25, 0.3) is 22.2 Å². The van der Waals surface area contributed by atoms with Crippen molar-refractivity contribution in [1.29, 1.82) is 0 Å². The molecule has 4 rings (SSSR count). The first-order chi connectivity index (χ1) is 15.4. The number of hydrogen-bond acceptors (Lipinski definition) is 5. The maximum absolute atomic E-state index is 13.1. The number of alkyl halides is 3. The summed E-state index contributed by atoms with van der Waals surface area (Å²) in [6, 6.07) is 5.05. The van der Waals surface area contributed by atoms with E-state index in [4.69, 9.17) is 10.2 Å². The standard InChI is InChI=1S/C21H18F3N5O4/c1-10-7-12(33-21(22,23)24)8-14-16(10)13(17-11(2)32-19(27-17)18(25)30)9-29(14)20(31)26-15-5-4-6-28(15)3/h4-9H,1-3H3,(H2,25,30)(H,26,31). The van der Waals surface area contributed by atoms with Gasteiger partial charge in [-0.2, -0.15) is 0 Å². The van der Waals surface area contributed by atoms with Gasteiger partial charge in [-0.15, -0.1) is 13.2 Å². The zero-order chi connectivity index (χ0) is 24.1. The summed E-state index contributed by atoms with van der Waals surface area (Å²) >= 11 is 0. The number of ether oxygens (including phenoxy) is 1. The molecule has 1 aromatic carbocycles. The van der Waals surface area contributed by atoms with Crippen LogP contribution in [0.15, 0.2) is 41.1 Å². The number of halogens is 3. The fourth-order valence-electron chi connectivity index (χ4n) is 3.59. The number of carbonyl (C=O) groups excluding carboxylic acids is 2. The van der Waals surface area contributed by atoms with Crippen molar-refractivity contribution in [3.8, 4) is 17.0 Å². The van der Waals surface area contributed by atoms with Gasteiger partial charge in [0.2, 0.25) is 0 Å². The van der Waals surface area contributed by atoms with Crippen LogP contribution in [0.2, 0.25) is 0 Å². The van der Waals surface area contributed by atoms with E-state index < -0.39 is 24.1 Å². The quantitative estimate of drug-likeness (QED) is 0.469. The monoisotopic (exact) mass is 461 g/mol. The van der Waals surface area contributed by atoms with Gasteiger partial charge in [0.15, 0.2) is 0 Å². The lowest BCUT2D eigenvalue weighted by atomic mass is 10.0. The lowest BCUT2D eigenvalue weighted by Crippen LogP contribution is -2.20. The molecule has 12 heteroatoms. The van der Waals surface area contributed by atoms with E-state index in [0.29, 0.717) is 22.3 Å². The van der Waals surface area contributed by atoms with Crippen LogP contribution in [0.3, 0.4) is 0 Å². The smallest absolute Gasteiger partial charge is 0.437 e. The van der Waals surface area contributed by atoms with Gasteiger partial charge in [-0.1, -0.05) is 0 Å². The Morgan fingerprint density at radius 1 is 1.24 bits per heavy atom. The molecule has 3 N–H and O–H groups in total. The predicted molar refractivity (Wildman–Crippen MR) is 112 cm³/mol. The number of nitrogens with two attached hydrogens (primary N) is 1. The minimum absolute atomic E-state index is 0.138. The number of carbonyl (C=O) groups is 2. The number of benzene rings is 1. The second kappa shape index (κ2) is 7.73. The highest BCUT2D eigenvalue weighted by Crippen LogP contribution is 2.38. The molecule has 0 atom stereocenters. The molecule has 0 aliphatic carbocycles. The van der Waals surface area contributed by atoms with Gasteiger partial charge >= 0.3 is 18.3 Å². The molecule has 2 amide bonds. The number of aryl methyl sites for hydroxylation is 3. The van der Waals surface area contributed by atoms with Crippen molar-refractivity contribution in [3.05, 3.63) is 53.9 Å². The Morgan fingerprint density at radius 3 is 2.55 bits per heavy atom. The van der Waals surface area contributed by atoms with E-state index in [0.717, 1.165) is 10.6 Å². The number of nitrogens with zero attached hydrogens (tertiary/aromatic N) is 3. The van der Waals surface area contributed by atoms with Crippen molar-refractivity contribution in [1.82, 2.24) is 14.1 Å². The fraction of sp³-hybridized carbons (Fsp3) is 0.190. The second-order valence-electron chi connectivity index (χ2n) is 7.32. The molecule has 0 aliphatic rings. The zero-order valence-electron chi connectivity index (χ0n) is 17.6. The number of oxazole rings is 1. The van der Waals surface area contributed by atoms with Gasteiger partial charge in [0.25, 0.3) is 5.89 Å².